The lowest BCUT2D eigenvalue weighted by Gasteiger charge is -2.35. The normalized spacial score (nSPS) is 15.0. The number of unbranched alkanes of at least 4 members (excludes halogenated alkanes) is 2. The van der Waals surface area contributed by atoms with Gasteiger partial charge in [-0.15, -0.1) is 0 Å². The van der Waals surface area contributed by atoms with Crippen LogP contribution in [0.1, 0.15) is 46.9 Å². The van der Waals surface area contributed by atoms with Gasteiger partial charge in [0.05, 0.1) is 25.3 Å². The van der Waals surface area contributed by atoms with Crippen LogP contribution in [0.5, 0.6) is 11.8 Å². The predicted molar refractivity (Wildman–Crippen MR) is 160 cm³/mol. The molecule has 3 aromatic rings. The minimum Gasteiger partial charge on any atom is -0.480 e. The number of methoxy groups -OCH3 is 2. The fraction of sp³-hybridized carbons (Fsp3) is 0.414. The number of nitrogens with one attached hydrogen (secondary N) is 1. The van der Waals surface area contributed by atoms with Crippen molar-refractivity contribution in [3.8, 4) is 11.8 Å². The number of piperazine rings is 1. The molecule has 2 aromatic heterocycles. The molecule has 0 bridgehead atoms. The highest BCUT2D eigenvalue weighted by atomic mass is 32.2. The molecule has 43 heavy (non-hydrogen) atoms. The van der Waals surface area contributed by atoms with E-state index in [1.165, 1.54) is 37.8 Å². The number of fused-ring (bicyclic) bond motifs is 1. The molecule has 1 saturated heterocycles. The molecule has 2 aliphatic rings. The lowest BCUT2D eigenvalue weighted by molar-refractivity contribution is -0.114. The molecule has 5 rings (SSSR count). The van der Waals surface area contributed by atoms with Gasteiger partial charge < -0.3 is 19.7 Å². The summed E-state index contributed by atoms with van der Waals surface area (Å²) in [5.41, 5.74) is 1.00. The van der Waals surface area contributed by atoms with Crippen LogP contribution in [0.15, 0.2) is 46.6 Å². The van der Waals surface area contributed by atoms with Gasteiger partial charge in [0.25, 0.3) is 11.8 Å². The predicted octanol–water partition coefficient (Wildman–Crippen LogP) is 2.98. The summed E-state index contributed by atoms with van der Waals surface area (Å²) in [5, 5.41) is 3.03. The van der Waals surface area contributed by atoms with Crippen molar-refractivity contribution in [3.63, 3.8) is 0 Å². The zero-order valence-corrected chi connectivity index (χ0v) is 25.2. The van der Waals surface area contributed by atoms with Crippen LogP contribution in [0.4, 0.5) is 11.8 Å². The number of carbonyl (C=O) groups is 3. The molecule has 1 aromatic carbocycles. The van der Waals surface area contributed by atoms with Gasteiger partial charge in [0.15, 0.2) is 5.16 Å². The molecule has 0 spiro atoms. The molecule has 0 unspecified atom stereocenters. The molecule has 0 atom stereocenters. The van der Waals surface area contributed by atoms with Gasteiger partial charge in [-0.3, -0.25) is 24.2 Å². The van der Waals surface area contributed by atoms with E-state index >= 15 is 0 Å². The molecule has 0 saturated carbocycles. The maximum absolute atomic E-state index is 12.5. The van der Waals surface area contributed by atoms with Crippen LogP contribution in [-0.4, -0.2) is 101 Å². The summed E-state index contributed by atoms with van der Waals surface area (Å²) < 4.78 is 11.2. The van der Waals surface area contributed by atoms with Crippen LogP contribution in [0.25, 0.3) is 0 Å². The molecule has 1 fully saturated rings. The molecule has 1 N–H and O–H groups in total. The molecule has 3 amide bonds. The number of ether oxygens (including phenoxy) is 2. The Hall–Kier alpha value is -4.30. The first-order valence-corrected chi connectivity index (χ1v) is 14.9. The largest absolute Gasteiger partial charge is 0.480 e. The molecule has 0 aliphatic carbocycles. The minimum absolute atomic E-state index is 0.191. The Kier molecular flexibility index (Phi) is 9.67. The number of rotatable bonds is 12. The zero-order chi connectivity index (χ0) is 30.3. The number of imide groups is 1. The Bertz CT molecular complexity index is 1440. The summed E-state index contributed by atoms with van der Waals surface area (Å²) in [5.74, 6) is 0.998. The van der Waals surface area contributed by atoms with Gasteiger partial charge in [-0.25, -0.2) is 9.97 Å². The first-order valence-electron chi connectivity index (χ1n) is 14.1. The second kappa shape index (κ2) is 13.8. The van der Waals surface area contributed by atoms with E-state index < -0.39 is 0 Å². The summed E-state index contributed by atoms with van der Waals surface area (Å²) in [4.78, 5) is 60.8. The van der Waals surface area contributed by atoms with Crippen molar-refractivity contribution in [3.05, 3.63) is 47.7 Å². The molecular formula is C29H34N8O5S. The summed E-state index contributed by atoms with van der Waals surface area (Å²) >= 11 is 1.19. The highest BCUT2D eigenvalue weighted by Gasteiger charge is 2.34. The minimum atomic E-state index is -0.225. The molecule has 226 valence electrons. The topological polar surface area (TPSA) is 143 Å². The van der Waals surface area contributed by atoms with Gasteiger partial charge >= 0.3 is 0 Å². The number of anilines is 2. The van der Waals surface area contributed by atoms with Crippen molar-refractivity contribution in [1.29, 1.82) is 0 Å². The van der Waals surface area contributed by atoms with Gasteiger partial charge in [0, 0.05) is 45.8 Å². The van der Waals surface area contributed by atoms with Gasteiger partial charge in [0.2, 0.25) is 23.6 Å². The van der Waals surface area contributed by atoms with Crippen molar-refractivity contribution in [2.45, 2.75) is 36.2 Å². The second-order valence-electron chi connectivity index (χ2n) is 10.1. The van der Waals surface area contributed by atoms with Gasteiger partial charge in [-0.05, 0) is 49.3 Å². The summed E-state index contributed by atoms with van der Waals surface area (Å²) in [6.07, 6.45) is 4.26. The number of nitrogens with zero attached hydrogens (tertiary/aromatic N) is 7. The van der Waals surface area contributed by atoms with Gasteiger partial charge in [-0.1, -0.05) is 18.6 Å². The quantitative estimate of drug-likeness (QED) is 0.184. The van der Waals surface area contributed by atoms with Crippen molar-refractivity contribution in [2.24, 2.45) is 0 Å². The van der Waals surface area contributed by atoms with Crippen LogP contribution in [-0.2, 0) is 4.79 Å². The third-order valence-electron chi connectivity index (χ3n) is 7.20. The zero-order valence-electron chi connectivity index (χ0n) is 24.4. The number of carbonyl (C=O) groups excluding carboxylic acids is 3. The highest BCUT2D eigenvalue weighted by Crippen LogP contribution is 2.39. The van der Waals surface area contributed by atoms with E-state index in [4.69, 9.17) is 9.47 Å². The van der Waals surface area contributed by atoms with Gasteiger partial charge in [-0.2, -0.15) is 9.97 Å². The number of amides is 3. The Morgan fingerprint density at radius 3 is 2.12 bits per heavy atom. The van der Waals surface area contributed by atoms with E-state index in [1.54, 1.807) is 36.5 Å². The van der Waals surface area contributed by atoms with E-state index in [0.29, 0.717) is 51.2 Å². The van der Waals surface area contributed by atoms with Crippen LogP contribution >= 0.6 is 11.8 Å². The molecule has 4 heterocycles. The van der Waals surface area contributed by atoms with Gasteiger partial charge in [0.1, 0.15) is 10.7 Å². The van der Waals surface area contributed by atoms with E-state index in [0.717, 1.165) is 52.0 Å². The van der Waals surface area contributed by atoms with E-state index in [9.17, 15) is 14.4 Å². The summed E-state index contributed by atoms with van der Waals surface area (Å²) in [6, 6.07) is 8.61. The standard InChI is InChI=1S/C29H34N8O5S/c1-19(38)31-22-11-12-30-29(32-22)43-23-24(41-2)33-28(34-25(23)42-3)36-17-15-35(16-18-36)13-7-4-8-14-37-26(39)20-9-5-6-10-21(20)27(37)40/h5-6,9-12H,4,7-8,13-18H2,1-3H3,(H,30,31,32,38). The number of hydrogen-bond acceptors (Lipinski definition) is 12. The van der Waals surface area contributed by atoms with Crippen molar-refractivity contribution < 1.29 is 23.9 Å². The van der Waals surface area contributed by atoms with Crippen molar-refractivity contribution in [1.82, 2.24) is 29.7 Å². The highest BCUT2D eigenvalue weighted by molar-refractivity contribution is 7.99. The Balaban J connectivity index is 1.11. The van der Waals surface area contributed by atoms with E-state index in [1.807, 2.05) is 0 Å². The summed E-state index contributed by atoms with van der Waals surface area (Å²) in [6.45, 7) is 6.00. The Labute approximate surface area is 254 Å². The smallest absolute Gasteiger partial charge is 0.261 e. The number of aromatic nitrogens is 4. The Morgan fingerprint density at radius 2 is 1.51 bits per heavy atom. The molecular weight excluding hydrogens is 572 g/mol. The third-order valence-corrected chi connectivity index (χ3v) is 8.13. The Morgan fingerprint density at radius 1 is 0.884 bits per heavy atom. The molecule has 14 heteroatoms. The molecule has 0 radical (unpaired) electrons. The fourth-order valence-corrected chi connectivity index (χ4v) is 5.90. The van der Waals surface area contributed by atoms with Crippen LogP contribution < -0.4 is 19.7 Å². The number of benzene rings is 1. The average Bonchev–Trinajstić information content (AvgIpc) is 3.26. The lowest BCUT2D eigenvalue weighted by atomic mass is 10.1. The monoisotopic (exact) mass is 606 g/mol. The molecule has 2 aliphatic heterocycles. The molecule has 13 nitrogen and oxygen atoms in total. The second-order valence-corrected chi connectivity index (χ2v) is 11.1. The van der Waals surface area contributed by atoms with Crippen LogP contribution in [0, 0.1) is 0 Å². The first-order chi connectivity index (χ1) is 20.9. The summed E-state index contributed by atoms with van der Waals surface area (Å²) in [7, 11) is 3.08. The average molecular weight is 607 g/mol. The fourth-order valence-electron chi connectivity index (χ4n) is 5.03. The van der Waals surface area contributed by atoms with Crippen LogP contribution in [0.2, 0.25) is 0 Å². The maximum Gasteiger partial charge on any atom is 0.261 e. The van der Waals surface area contributed by atoms with E-state index in [-0.39, 0.29) is 17.7 Å². The van der Waals surface area contributed by atoms with Crippen molar-refractivity contribution >= 4 is 41.2 Å². The maximum atomic E-state index is 12.5. The number of hydrogen-bond donors (Lipinski definition) is 1. The third kappa shape index (κ3) is 7.03. The SMILES string of the molecule is COc1nc(N2CCN(CCCCCN3C(=O)c4ccccc4C3=O)CC2)nc(OC)c1Sc1nccc(NC(C)=O)n1. The van der Waals surface area contributed by atoms with Crippen LogP contribution in [0.3, 0.4) is 0 Å². The van der Waals surface area contributed by atoms with E-state index in [2.05, 4.69) is 35.1 Å². The lowest BCUT2D eigenvalue weighted by Crippen LogP contribution is -2.47. The van der Waals surface area contributed by atoms with Crippen molar-refractivity contribution in [2.75, 3.05) is 63.7 Å². The first kappa shape index (κ1) is 30.2.